The van der Waals surface area contributed by atoms with Crippen molar-refractivity contribution in [3.63, 3.8) is 0 Å². The Hall–Kier alpha value is -0.560. The van der Waals surface area contributed by atoms with Crippen molar-refractivity contribution in [2.75, 3.05) is 39.3 Å². The first-order chi connectivity index (χ1) is 18.4. The summed E-state index contributed by atoms with van der Waals surface area (Å²) in [5, 5.41) is 10.8. The summed E-state index contributed by atoms with van der Waals surface area (Å²) in [6.45, 7) is 23.9. The summed E-state index contributed by atoms with van der Waals surface area (Å²) in [5.41, 5.74) is 14.7. The van der Waals surface area contributed by atoms with Crippen LogP contribution in [0.25, 0.3) is 0 Å². The molecule has 0 aliphatic heterocycles. The fraction of sp³-hybridized carbons (Fsp3) is 0.657. The van der Waals surface area contributed by atoms with E-state index in [0.29, 0.717) is 12.6 Å². The molecule has 0 aromatic heterocycles. The lowest BCUT2D eigenvalue weighted by atomic mass is 9.84. The summed E-state index contributed by atoms with van der Waals surface area (Å²) >= 11 is 0. The number of nitrogens with two attached hydrogens (primary N) is 1. The van der Waals surface area contributed by atoms with Gasteiger partial charge in [0, 0.05) is 45.3 Å². The van der Waals surface area contributed by atoms with E-state index in [4.69, 9.17) is 5.73 Å². The Bertz CT molecular complexity index is 917. The molecule has 0 saturated heterocycles. The fourth-order valence-electron chi connectivity index (χ4n) is 5.13. The first kappa shape index (κ1) is 46.9. The number of rotatable bonds is 17. The SMILES string of the molecule is Cc1ccc(C(C)(C)C)cc1CCCC(CCCc1cc(C(C)(C)C)ccc1C)NCCNCCNCCN.Cl.Cl.Cl.Cl. The highest BCUT2D eigenvalue weighted by molar-refractivity contribution is 5.86. The van der Waals surface area contributed by atoms with Crippen LogP contribution < -0.4 is 21.7 Å². The number of aryl methyl sites for hydroxylation is 4. The second kappa shape index (κ2) is 23.7. The van der Waals surface area contributed by atoms with Gasteiger partial charge >= 0.3 is 0 Å². The zero-order chi connectivity index (χ0) is 28.9. The van der Waals surface area contributed by atoms with Crippen LogP contribution in [0, 0.1) is 13.8 Å². The minimum atomic E-state index is 0. The number of hydrogen-bond donors (Lipinski definition) is 4. The van der Waals surface area contributed by atoms with Crippen molar-refractivity contribution in [3.8, 4) is 0 Å². The van der Waals surface area contributed by atoms with Gasteiger partial charge in [-0.25, -0.2) is 0 Å². The molecule has 4 nitrogen and oxygen atoms in total. The van der Waals surface area contributed by atoms with E-state index < -0.39 is 0 Å². The molecule has 2 aromatic rings. The van der Waals surface area contributed by atoms with Crippen molar-refractivity contribution in [2.24, 2.45) is 5.73 Å². The monoisotopic (exact) mass is 680 g/mol. The molecule has 0 bridgehead atoms. The highest BCUT2D eigenvalue weighted by atomic mass is 35.5. The van der Waals surface area contributed by atoms with Gasteiger partial charge < -0.3 is 21.7 Å². The third kappa shape index (κ3) is 18.2. The molecule has 0 atom stereocenters. The van der Waals surface area contributed by atoms with Gasteiger partial charge in [-0.3, -0.25) is 0 Å². The topological polar surface area (TPSA) is 62.1 Å². The first-order valence-corrected chi connectivity index (χ1v) is 15.5. The molecule has 0 fully saturated rings. The third-order valence-corrected chi connectivity index (χ3v) is 7.96. The maximum Gasteiger partial charge on any atom is 0.00793 e. The van der Waals surface area contributed by atoms with Crippen LogP contribution >= 0.6 is 49.6 Å². The lowest BCUT2D eigenvalue weighted by Gasteiger charge is -2.23. The Morgan fingerprint density at radius 2 is 1.00 bits per heavy atom. The second-order valence-electron chi connectivity index (χ2n) is 13.5. The minimum absolute atomic E-state index is 0. The zero-order valence-corrected chi connectivity index (χ0v) is 31.5. The number of hydrogen-bond acceptors (Lipinski definition) is 4. The lowest BCUT2D eigenvalue weighted by molar-refractivity contribution is 0.426. The maximum atomic E-state index is 5.55. The van der Waals surface area contributed by atoms with Gasteiger partial charge in [0.15, 0.2) is 0 Å². The molecule has 8 heteroatoms. The average molecular weight is 683 g/mol. The molecule has 0 amide bonds. The van der Waals surface area contributed by atoms with Crippen LogP contribution in [0.2, 0.25) is 0 Å². The number of nitrogens with one attached hydrogen (secondary N) is 3. The molecule has 0 unspecified atom stereocenters. The summed E-state index contributed by atoms with van der Waals surface area (Å²) in [4.78, 5) is 0. The molecular formula is C35H64Cl4N4. The zero-order valence-electron chi connectivity index (χ0n) is 28.2. The van der Waals surface area contributed by atoms with E-state index >= 15 is 0 Å². The molecular weight excluding hydrogens is 618 g/mol. The van der Waals surface area contributed by atoms with Gasteiger partial charge in [-0.1, -0.05) is 77.9 Å². The van der Waals surface area contributed by atoms with Gasteiger partial charge in [-0.15, -0.1) is 49.6 Å². The summed E-state index contributed by atoms with van der Waals surface area (Å²) in [5.74, 6) is 0. The predicted molar refractivity (Wildman–Crippen MR) is 201 cm³/mol. The Kier molecular flexibility index (Phi) is 25.9. The molecule has 0 aliphatic rings. The van der Waals surface area contributed by atoms with Crippen LogP contribution in [0.1, 0.15) is 101 Å². The molecule has 0 spiro atoms. The van der Waals surface area contributed by atoms with Crippen LogP contribution in [-0.2, 0) is 23.7 Å². The molecule has 0 radical (unpaired) electrons. The Morgan fingerprint density at radius 1 is 0.605 bits per heavy atom. The predicted octanol–water partition coefficient (Wildman–Crippen LogP) is 8.03. The standard InChI is InChI=1S/C35H60N4.4ClH/c1-27-15-17-31(34(3,4)5)25-29(27)11-9-13-33(39-24-23-38-22-21-37-20-19-36)14-10-12-30-26-32(35(6,7)8)18-16-28(30)2;;;;/h15-18,25-26,33,37-39H,9-14,19-24,36H2,1-8H3;4*1H. The third-order valence-electron chi connectivity index (χ3n) is 7.96. The minimum Gasteiger partial charge on any atom is -0.329 e. The van der Waals surface area contributed by atoms with Crippen LogP contribution in [0.15, 0.2) is 36.4 Å². The molecule has 2 rings (SSSR count). The quantitative estimate of drug-likeness (QED) is 0.128. The van der Waals surface area contributed by atoms with E-state index in [1.165, 1.54) is 59.1 Å². The van der Waals surface area contributed by atoms with Crippen molar-refractivity contribution < 1.29 is 0 Å². The molecule has 2 aromatic carbocycles. The second-order valence-corrected chi connectivity index (χ2v) is 13.5. The summed E-state index contributed by atoms with van der Waals surface area (Å²) < 4.78 is 0. The van der Waals surface area contributed by atoms with Gasteiger partial charge in [-0.2, -0.15) is 0 Å². The Labute approximate surface area is 289 Å². The molecule has 0 saturated carbocycles. The van der Waals surface area contributed by atoms with Gasteiger partial charge in [0.2, 0.25) is 0 Å². The van der Waals surface area contributed by atoms with E-state index in [1.54, 1.807) is 0 Å². The largest absolute Gasteiger partial charge is 0.329 e. The highest BCUT2D eigenvalue weighted by Gasteiger charge is 2.17. The van der Waals surface area contributed by atoms with Gasteiger partial charge in [0.05, 0.1) is 0 Å². The van der Waals surface area contributed by atoms with Crippen LogP contribution in [-0.4, -0.2) is 45.3 Å². The van der Waals surface area contributed by atoms with Crippen molar-refractivity contribution in [2.45, 2.75) is 111 Å². The van der Waals surface area contributed by atoms with Crippen molar-refractivity contribution in [3.05, 3.63) is 69.8 Å². The highest BCUT2D eigenvalue weighted by Crippen LogP contribution is 2.27. The fourth-order valence-corrected chi connectivity index (χ4v) is 5.13. The van der Waals surface area contributed by atoms with Gasteiger partial charge in [-0.05, 0) is 96.6 Å². The number of halogens is 4. The van der Waals surface area contributed by atoms with E-state index in [1.807, 2.05) is 0 Å². The average Bonchev–Trinajstić information content (AvgIpc) is 2.86. The lowest BCUT2D eigenvalue weighted by Crippen LogP contribution is -2.37. The van der Waals surface area contributed by atoms with Crippen molar-refractivity contribution in [1.29, 1.82) is 0 Å². The first-order valence-electron chi connectivity index (χ1n) is 15.5. The van der Waals surface area contributed by atoms with E-state index in [9.17, 15) is 0 Å². The van der Waals surface area contributed by atoms with Crippen LogP contribution in [0.3, 0.4) is 0 Å². The molecule has 5 N–H and O–H groups in total. The van der Waals surface area contributed by atoms with E-state index in [0.717, 1.165) is 45.6 Å². The molecule has 43 heavy (non-hydrogen) atoms. The Balaban J connectivity index is -0.00000400. The smallest absolute Gasteiger partial charge is 0.00793 e. The molecule has 252 valence electrons. The van der Waals surface area contributed by atoms with E-state index in [-0.39, 0.29) is 60.5 Å². The van der Waals surface area contributed by atoms with Crippen LogP contribution in [0.5, 0.6) is 0 Å². The van der Waals surface area contributed by atoms with Gasteiger partial charge in [0.1, 0.15) is 0 Å². The normalized spacial score (nSPS) is 11.3. The van der Waals surface area contributed by atoms with Crippen molar-refractivity contribution >= 4 is 49.6 Å². The Morgan fingerprint density at radius 3 is 1.40 bits per heavy atom. The molecule has 0 heterocycles. The van der Waals surface area contributed by atoms with Gasteiger partial charge in [0.25, 0.3) is 0 Å². The number of benzene rings is 2. The van der Waals surface area contributed by atoms with E-state index in [2.05, 4.69) is 108 Å². The maximum absolute atomic E-state index is 5.55. The molecule has 0 aliphatic carbocycles. The summed E-state index contributed by atoms with van der Waals surface area (Å²) in [6.07, 6.45) is 7.20. The summed E-state index contributed by atoms with van der Waals surface area (Å²) in [7, 11) is 0. The van der Waals surface area contributed by atoms with Crippen LogP contribution in [0.4, 0.5) is 0 Å². The summed E-state index contributed by atoms with van der Waals surface area (Å²) in [6, 6.07) is 14.7. The van der Waals surface area contributed by atoms with Crippen molar-refractivity contribution in [1.82, 2.24) is 16.0 Å².